The number of nitrogens with one attached hydrogen (secondary N) is 3. The van der Waals surface area contributed by atoms with Crippen LogP contribution in [-0.2, 0) is 19.6 Å². The molecule has 7 nitrogen and oxygen atoms in total. The van der Waals surface area contributed by atoms with Gasteiger partial charge in [0, 0.05) is 18.3 Å². The predicted molar refractivity (Wildman–Crippen MR) is 105 cm³/mol. The molecule has 0 unspecified atom stereocenters. The van der Waals surface area contributed by atoms with E-state index in [1.807, 2.05) is 12.1 Å². The molecule has 0 saturated heterocycles. The molecule has 0 fully saturated rings. The molecule has 0 aliphatic heterocycles. The molecule has 0 aromatic heterocycles. The van der Waals surface area contributed by atoms with Crippen molar-refractivity contribution < 1.29 is 18.0 Å². The Labute approximate surface area is 159 Å². The first-order valence-electron chi connectivity index (χ1n) is 8.44. The van der Waals surface area contributed by atoms with Gasteiger partial charge in [0.1, 0.15) is 0 Å². The van der Waals surface area contributed by atoms with Crippen LogP contribution in [0.1, 0.15) is 32.3 Å². The Kier molecular flexibility index (Phi) is 6.70. The van der Waals surface area contributed by atoms with E-state index in [0.29, 0.717) is 17.3 Å². The SMILES string of the molecule is CC(=O)Nc1ccc(S(=O)(=O)NCC(=O)Nc2ccc(C(C)C)cc2)cc1. The molecular formula is C19H23N3O4S. The van der Waals surface area contributed by atoms with Gasteiger partial charge < -0.3 is 10.6 Å². The number of sulfonamides is 1. The van der Waals surface area contributed by atoms with Gasteiger partial charge in [-0.1, -0.05) is 26.0 Å². The first kappa shape index (κ1) is 20.6. The van der Waals surface area contributed by atoms with Crippen molar-refractivity contribution in [2.75, 3.05) is 17.2 Å². The second-order valence-electron chi connectivity index (χ2n) is 6.36. The lowest BCUT2D eigenvalue weighted by molar-refractivity contribution is -0.115. The van der Waals surface area contributed by atoms with E-state index >= 15 is 0 Å². The minimum atomic E-state index is -3.83. The number of carbonyl (C=O) groups excluding carboxylic acids is 2. The van der Waals surface area contributed by atoms with Gasteiger partial charge in [0.2, 0.25) is 21.8 Å². The van der Waals surface area contributed by atoms with Gasteiger partial charge in [-0.3, -0.25) is 9.59 Å². The quantitative estimate of drug-likeness (QED) is 0.677. The van der Waals surface area contributed by atoms with E-state index in [-0.39, 0.29) is 17.3 Å². The van der Waals surface area contributed by atoms with Crippen LogP contribution in [0, 0.1) is 0 Å². The number of benzene rings is 2. The molecule has 2 rings (SSSR count). The van der Waals surface area contributed by atoms with Gasteiger partial charge in [0.05, 0.1) is 11.4 Å². The molecule has 144 valence electrons. The van der Waals surface area contributed by atoms with Crippen LogP contribution in [0.25, 0.3) is 0 Å². The highest BCUT2D eigenvalue weighted by molar-refractivity contribution is 7.89. The molecule has 0 atom stereocenters. The number of rotatable bonds is 7. The van der Waals surface area contributed by atoms with Crippen molar-refractivity contribution in [1.82, 2.24) is 4.72 Å². The van der Waals surface area contributed by atoms with Crippen molar-refractivity contribution in [2.24, 2.45) is 0 Å². The van der Waals surface area contributed by atoms with Crippen molar-refractivity contribution >= 4 is 33.2 Å². The molecule has 0 heterocycles. The van der Waals surface area contributed by atoms with E-state index in [0.717, 1.165) is 5.56 Å². The summed E-state index contributed by atoms with van der Waals surface area (Å²) in [5, 5.41) is 5.20. The van der Waals surface area contributed by atoms with Crippen molar-refractivity contribution in [2.45, 2.75) is 31.6 Å². The van der Waals surface area contributed by atoms with Crippen molar-refractivity contribution in [1.29, 1.82) is 0 Å². The largest absolute Gasteiger partial charge is 0.326 e. The summed E-state index contributed by atoms with van der Waals surface area (Å²) in [4.78, 5) is 23.0. The molecule has 2 amide bonds. The van der Waals surface area contributed by atoms with Gasteiger partial charge in [-0.25, -0.2) is 13.1 Å². The number of carbonyl (C=O) groups is 2. The first-order chi connectivity index (χ1) is 12.7. The standard InChI is InChI=1S/C19H23N3O4S/c1-13(2)15-4-6-17(7-5-15)22-19(24)12-20-27(25,26)18-10-8-16(9-11-18)21-14(3)23/h4-11,13,20H,12H2,1-3H3,(H,21,23)(H,22,24). The Morgan fingerprint density at radius 1 is 0.889 bits per heavy atom. The monoisotopic (exact) mass is 389 g/mol. The van der Waals surface area contributed by atoms with Crippen LogP contribution in [0.4, 0.5) is 11.4 Å². The third-order valence-electron chi connectivity index (χ3n) is 3.77. The Hall–Kier alpha value is -2.71. The van der Waals surface area contributed by atoms with E-state index in [2.05, 4.69) is 29.2 Å². The fraction of sp³-hybridized carbons (Fsp3) is 0.263. The Morgan fingerprint density at radius 3 is 1.93 bits per heavy atom. The van der Waals surface area contributed by atoms with E-state index < -0.39 is 15.9 Å². The summed E-state index contributed by atoms with van der Waals surface area (Å²) in [6, 6.07) is 13.1. The highest BCUT2D eigenvalue weighted by atomic mass is 32.2. The zero-order valence-electron chi connectivity index (χ0n) is 15.4. The normalized spacial score (nSPS) is 11.3. The lowest BCUT2D eigenvalue weighted by atomic mass is 10.0. The molecule has 0 saturated carbocycles. The van der Waals surface area contributed by atoms with Crippen molar-refractivity contribution in [3.05, 3.63) is 54.1 Å². The summed E-state index contributed by atoms with van der Waals surface area (Å²) in [5.74, 6) is -0.328. The van der Waals surface area contributed by atoms with Crippen LogP contribution in [-0.4, -0.2) is 26.8 Å². The second kappa shape index (κ2) is 8.79. The fourth-order valence-electron chi connectivity index (χ4n) is 2.32. The maximum Gasteiger partial charge on any atom is 0.241 e. The summed E-state index contributed by atoms with van der Waals surface area (Å²) < 4.78 is 26.8. The average molecular weight is 389 g/mol. The number of hydrogen-bond acceptors (Lipinski definition) is 4. The lowest BCUT2D eigenvalue weighted by Gasteiger charge is -2.10. The minimum Gasteiger partial charge on any atom is -0.326 e. The topological polar surface area (TPSA) is 104 Å². The first-order valence-corrected chi connectivity index (χ1v) is 9.93. The number of amides is 2. The third kappa shape index (κ3) is 6.19. The maximum atomic E-state index is 12.3. The molecule has 0 spiro atoms. The highest BCUT2D eigenvalue weighted by Crippen LogP contribution is 2.17. The van der Waals surface area contributed by atoms with Crippen molar-refractivity contribution in [3.8, 4) is 0 Å². The van der Waals surface area contributed by atoms with Crippen molar-refractivity contribution in [3.63, 3.8) is 0 Å². The smallest absolute Gasteiger partial charge is 0.241 e. The summed E-state index contributed by atoms with van der Waals surface area (Å²) in [6.45, 7) is 5.12. The summed E-state index contributed by atoms with van der Waals surface area (Å²) in [5.41, 5.74) is 2.24. The van der Waals surface area contributed by atoms with Crippen LogP contribution in [0.15, 0.2) is 53.4 Å². The molecule has 0 bridgehead atoms. The van der Waals surface area contributed by atoms with Gasteiger partial charge in [-0.2, -0.15) is 0 Å². The molecule has 2 aromatic carbocycles. The minimum absolute atomic E-state index is 0.00527. The van der Waals surface area contributed by atoms with Crippen LogP contribution in [0.5, 0.6) is 0 Å². The molecule has 0 radical (unpaired) electrons. The molecule has 3 N–H and O–H groups in total. The van der Waals surface area contributed by atoms with Gasteiger partial charge in [-0.05, 0) is 47.9 Å². The number of anilines is 2. The zero-order valence-corrected chi connectivity index (χ0v) is 16.3. The van der Waals surface area contributed by atoms with E-state index in [1.165, 1.54) is 31.2 Å². The number of hydrogen-bond donors (Lipinski definition) is 3. The molecular weight excluding hydrogens is 366 g/mol. The maximum absolute atomic E-state index is 12.3. The zero-order chi connectivity index (χ0) is 20.0. The second-order valence-corrected chi connectivity index (χ2v) is 8.12. The Balaban J connectivity index is 1.93. The van der Waals surface area contributed by atoms with Crippen LogP contribution >= 0.6 is 0 Å². The fourth-order valence-corrected chi connectivity index (χ4v) is 3.30. The summed E-state index contributed by atoms with van der Waals surface area (Å²) in [6.07, 6.45) is 0. The van der Waals surface area contributed by atoms with E-state index in [1.54, 1.807) is 12.1 Å². The average Bonchev–Trinajstić information content (AvgIpc) is 2.60. The van der Waals surface area contributed by atoms with E-state index in [9.17, 15) is 18.0 Å². The molecule has 0 aliphatic rings. The van der Waals surface area contributed by atoms with Crippen LogP contribution in [0.3, 0.4) is 0 Å². The summed E-state index contributed by atoms with van der Waals surface area (Å²) >= 11 is 0. The van der Waals surface area contributed by atoms with Gasteiger partial charge >= 0.3 is 0 Å². The van der Waals surface area contributed by atoms with Gasteiger partial charge in [-0.15, -0.1) is 0 Å². The molecule has 2 aromatic rings. The van der Waals surface area contributed by atoms with Crippen LogP contribution < -0.4 is 15.4 Å². The molecule has 0 aliphatic carbocycles. The lowest BCUT2D eigenvalue weighted by Crippen LogP contribution is -2.32. The van der Waals surface area contributed by atoms with Gasteiger partial charge in [0.25, 0.3) is 0 Å². The third-order valence-corrected chi connectivity index (χ3v) is 5.19. The molecule has 8 heteroatoms. The Morgan fingerprint density at radius 2 is 1.41 bits per heavy atom. The van der Waals surface area contributed by atoms with Crippen LogP contribution in [0.2, 0.25) is 0 Å². The highest BCUT2D eigenvalue weighted by Gasteiger charge is 2.15. The predicted octanol–water partition coefficient (Wildman–Crippen LogP) is 2.69. The Bertz CT molecular complexity index is 905. The molecule has 27 heavy (non-hydrogen) atoms. The summed E-state index contributed by atoms with van der Waals surface area (Å²) in [7, 11) is -3.83. The van der Waals surface area contributed by atoms with Gasteiger partial charge in [0.15, 0.2) is 0 Å². The van der Waals surface area contributed by atoms with E-state index in [4.69, 9.17) is 0 Å².